The van der Waals surface area contributed by atoms with Gasteiger partial charge in [-0.3, -0.25) is 4.90 Å². The van der Waals surface area contributed by atoms with E-state index in [1.807, 2.05) is 0 Å². The molecule has 2 nitrogen and oxygen atoms in total. The Morgan fingerprint density at radius 3 is 2.65 bits per heavy atom. The molecule has 1 N–H and O–H groups in total. The molecule has 0 aliphatic carbocycles. The van der Waals surface area contributed by atoms with Gasteiger partial charge in [0, 0.05) is 18.3 Å². The van der Waals surface area contributed by atoms with E-state index in [1.165, 1.54) is 62.9 Å². The van der Waals surface area contributed by atoms with Crippen molar-refractivity contribution in [3.8, 4) is 0 Å². The molecule has 0 amide bonds. The normalized spacial score (nSPS) is 17.3. The zero-order valence-electron chi connectivity index (χ0n) is 13.2. The summed E-state index contributed by atoms with van der Waals surface area (Å²) < 4.78 is 0. The van der Waals surface area contributed by atoms with Gasteiger partial charge in [0.1, 0.15) is 0 Å². The monoisotopic (exact) mass is 274 g/mol. The first-order valence-electron chi connectivity index (χ1n) is 8.36. The molecule has 0 spiro atoms. The van der Waals surface area contributed by atoms with Gasteiger partial charge in [-0.25, -0.2) is 0 Å². The van der Waals surface area contributed by atoms with Crippen molar-refractivity contribution in [1.82, 2.24) is 4.90 Å². The lowest BCUT2D eigenvalue weighted by molar-refractivity contribution is 0.332. The molecule has 2 heteroatoms. The highest BCUT2D eigenvalue weighted by atomic mass is 15.1. The third-order valence-corrected chi connectivity index (χ3v) is 4.25. The van der Waals surface area contributed by atoms with Crippen LogP contribution in [0.3, 0.4) is 0 Å². The van der Waals surface area contributed by atoms with Crippen LogP contribution in [-0.2, 0) is 6.54 Å². The van der Waals surface area contributed by atoms with E-state index in [1.54, 1.807) is 0 Å². The van der Waals surface area contributed by atoms with E-state index in [4.69, 9.17) is 0 Å². The summed E-state index contributed by atoms with van der Waals surface area (Å²) in [5.74, 6) is 0. The van der Waals surface area contributed by atoms with Gasteiger partial charge in [0.25, 0.3) is 0 Å². The van der Waals surface area contributed by atoms with Crippen LogP contribution >= 0.6 is 0 Å². The molecule has 1 saturated heterocycles. The zero-order valence-corrected chi connectivity index (χ0v) is 13.2. The van der Waals surface area contributed by atoms with Crippen LogP contribution in [0.5, 0.6) is 0 Å². The van der Waals surface area contributed by atoms with Crippen molar-refractivity contribution >= 4 is 5.69 Å². The van der Waals surface area contributed by atoms with Gasteiger partial charge in [0.05, 0.1) is 0 Å². The molecule has 1 aromatic rings. The molecule has 1 atom stereocenters. The summed E-state index contributed by atoms with van der Waals surface area (Å²) in [4.78, 5) is 2.57. The number of hydrogen-bond donors (Lipinski definition) is 1. The summed E-state index contributed by atoms with van der Waals surface area (Å²) in [5, 5.41) is 3.72. The number of unbranched alkanes of at least 4 members (excludes halogenated alkanes) is 2. The third kappa shape index (κ3) is 4.82. The van der Waals surface area contributed by atoms with Crippen molar-refractivity contribution in [2.75, 3.05) is 18.4 Å². The molecular weight excluding hydrogens is 244 g/mol. The topological polar surface area (TPSA) is 15.3 Å². The Kier molecular flexibility index (Phi) is 6.38. The molecule has 0 radical (unpaired) electrons. The minimum atomic E-state index is 0.571. The number of para-hydroxylation sites is 1. The van der Waals surface area contributed by atoms with Gasteiger partial charge in [-0.2, -0.15) is 0 Å². The number of likely N-dealkylation sites (tertiary alicyclic amines) is 1. The van der Waals surface area contributed by atoms with Crippen LogP contribution in [0.25, 0.3) is 0 Å². The Morgan fingerprint density at radius 2 is 1.90 bits per heavy atom. The first kappa shape index (κ1) is 15.4. The predicted molar refractivity (Wildman–Crippen MR) is 88.2 cm³/mol. The van der Waals surface area contributed by atoms with Crippen LogP contribution in [0.1, 0.15) is 57.9 Å². The maximum absolute atomic E-state index is 3.72. The van der Waals surface area contributed by atoms with Gasteiger partial charge >= 0.3 is 0 Å². The van der Waals surface area contributed by atoms with Gasteiger partial charge in [0.15, 0.2) is 0 Å². The second kappa shape index (κ2) is 8.31. The highest BCUT2D eigenvalue weighted by Gasteiger charge is 2.14. The van der Waals surface area contributed by atoms with Crippen LogP contribution in [0.4, 0.5) is 5.69 Å². The van der Waals surface area contributed by atoms with Crippen LogP contribution in [0.2, 0.25) is 0 Å². The molecular formula is C18H30N2. The van der Waals surface area contributed by atoms with Gasteiger partial charge in [0.2, 0.25) is 0 Å². The molecule has 1 aliphatic heterocycles. The molecule has 1 aromatic carbocycles. The number of nitrogens with zero attached hydrogens (tertiary/aromatic N) is 1. The second-order valence-corrected chi connectivity index (χ2v) is 6.18. The highest BCUT2D eigenvalue weighted by molar-refractivity contribution is 5.51. The van der Waals surface area contributed by atoms with E-state index in [0.717, 1.165) is 6.54 Å². The van der Waals surface area contributed by atoms with Crippen molar-refractivity contribution in [2.45, 2.75) is 65.0 Å². The fourth-order valence-corrected chi connectivity index (χ4v) is 3.02. The summed E-state index contributed by atoms with van der Waals surface area (Å²) >= 11 is 0. The molecule has 1 aliphatic rings. The van der Waals surface area contributed by atoms with Crippen molar-refractivity contribution in [3.05, 3.63) is 29.8 Å². The summed E-state index contributed by atoms with van der Waals surface area (Å²) in [6, 6.07) is 9.40. The fraction of sp³-hybridized carbons (Fsp3) is 0.667. The number of rotatable bonds is 8. The lowest BCUT2D eigenvalue weighted by Crippen LogP contribution is -2.21. The number of benzene rings is 1. The summed E-state index contributed by atoms with van der Waals surface area (Å²) in [6.07, 6.45) is 7.98. The quantitative estimate of drug-likeness (QED) is 0.693. The molecule has 1 unspecified atom stereocenters. The Labute approximate surface area is 124 Å². The highest BCUT2D eigenvalue weighted by Crippen LogP contribution is 2.21. The molecule has 0 bridgehead atoms. The summed E-state index contributed by atoms with van der Waals surface area (Å²) in [7, 11) is 0. The van der Waals surface area contributed by atoms with Crippen LogP contribution in [0, 0.1) is 0 Å². The van der Waals surface area contributed by atoms with E-state index in [2.05, 4.69) is 48.3 Å². The Bertz CT molecular complexity index is 383. The average Bonchev–Trinajstić information content (AvgIpc) is 2.94. The SMILES string of the molecule is CCCCCC(C)Nc1ccccc1CN1CCCC1. The fourth-order valence-electron chi connectivity index (χ4n) is 3.02. The summed E-state index contributed by atoms with van der Waals surface area (Å²) in [6.45, 7) is 8.21. The molecule has 0 aromatic heterocycles. The first-order chi connectivity index (χ1) is 9.79. The minimum Gasteiger partial charge on any atom is -0.382 e. The maximum atomic E-state index is 3.72. The van der Waals surface area contributed by atoms with E-state index in [9.17, 15) is 0 Å². The lowest BCUT2D eigenvalue weighted by atomic mass is 10.1. The van der Waals surface area contributed by atoms with E-state index >= 15 is 0 Å². The summed E-state index contributed by atoms with van der Waals surface area (Å²) in [5.41, 5.74) is 2.79. The number of hydrogen-bond acceptors (Lipinski definition) is 2. The number of anilines is 1. The van der Waals surface area contributed by atoms with Crippen molar-refractivity contribution in [3.63, 3.8) is 0 Å². The molecule has 1 heterocycles. The Balaban J connectivity index is 1.89. The third-order valence-electron chi connectivity index (χ3n) is 4.25. The van der Waals surface area contributed by atoms with E-state index in [-0.39, 0.29) is 0 Å². The Hall–Kier alpha value is -1.02. The van der Waals surface area contributed by atoms with Gasteiger partial charge in [-0.05, 0) is 50.9 Å². The van der Waals surface area contributed by atoms with Crippen molar-refractivity contribution in [1.29, 1.82) is 0 Å². The maximum Gasteiger partial charge on any atom is 0.0387 e. The average molecular weight is 274 g/mol. The molecule has 1 fully saturated rings. The van der Waals surface area contributed by atoms with Gasteiger partial charge < -0.3 is 5.32 Å². The van der Waals surface area contributed by atoms with Crippen LogP contribution in [0.15, 0.2) is 24.3 Å². The molecule has 0 saturated carbocycles. The Morgan fingerprint density at radius 1 is 1.15 bits per heavy atom. The van der Waals surface area contributed by atoms with Crippen LogP contribution in [-0.4, -0.2) is 24.0 Å². The smallest absolute Gasteiger partial charge is 0.0387 e. The van der Waals surface area contributed by atoms with Crippen LogP contribution < -0.4 is 5.32 Å². The largest absolute Gasteiger partial charge is 0.382 e. The minimum absolute atomic E-state index is 0.571. The van der Waals surface area contributed by atoms with Gasteiger partial charge in [-0.15, -0.1) is 0 Å². The first-order valence-corrected chi connectivity index (χ1v) is 8.36. The number of nitrogens with one attached hydrogen (secondary N) is 1. The molecule has 20 heavy (non-hydrogen) atoms. The van der Waals surface area contributed by atoms with Crippen molar-refractivity contribution < 1.29 is 0 Å². The standard InChI is InChI=1S/C18H30N2/c1-3-4-5-10-16(2)19-18-12-7-6-11-17(18)15-20-13-8-9-14-20/h6-7,11-12,16,19H,3-5,8-10,13-15H2,1-2H3. The van der Waals surface area contributed by atoms with Crippen molar-refractivity contribution in [2.24, 2.45) is 0 Å². The second-order valence-electron chi connectivity index (χ2n) is 6.18. The molecule has 112 valence electrons. The lowest BCUT2D eigenvalue weighted by Gasteiger charge is -2.21. The van der Waals surface area contributed by atoms with Gasteiger partial charge in [-0.1, -0.05) is 44.4 Å². The van der Waals surface area contributed by atoms with E-state index < -0.39 is 0 Å². The molecule has 2 rings (SSSR count). The predicted octanol–water partition coefficient (Wildman–Crippen LogP) is 4.66. The zero-order chi connectivity index (χ0) is 14.2. The van der Waals surface area contributed by atoms with E-state index in [0.29, 0.717) is 6.04 Å².